The molecule has 0 saturated carbocycles. The number of hydrogen-bond donors (Lipinski definition) is 0. The van der Waals surface area contributed by atoms with Crippen LogP contribution < -0.4 is 4.74 Å². The van der Waals surface area contributed by atoms with Gasteiger partial charge in [-0.3, -0.25) is 4.79 Å². The van der Waals surface area contributed by atoms with Crippen molar-refractivity contribution in [3.8, 4) is 17.1 Å². The van der Waals surface area contributed by atoms with Crippen molar-refractivity contribution in [3.63, 3.8) is 0 Å². The fourth-order valence-electron chi connectivity index (χ4n) is 2.49. The summed E-state index contributed by atoms with van der Waals surface area (Å²) < 4.78 is 28.8. The van der Waals surface area contributed by atoms with Gasteiger partial charge in [0.2, 0.25) is 0 Å². The third-order valence-corrected chi connectivity index (χ3v) is 4.11. The van der Waals surface area contributed by atoms with E-state index in [0.717, 1.165) is 0 Å². The normalized spacial score (nSPS) is 10.5. The summed E-state index contributed by atoms with van der Waals surface area (Å²) in [5.41, 5.74) is 2.42. The Morgan fingerprint density at radius 3 is 2.39 bits per heavy atom. The Morgan fingerprint density at radius 2 is 1.75 bits per heavy atom. The minimum Gasteiger partial charge on any atom is -0.482 e. The zero-order valence-corrected chi connectivity index (χ0v) is 15.4. The molecule has 28 heavy (non-hydrogen) atoms. The highest BCUT2D eigenvalue weighted by Crippen LogP contribution is 2.26. The number of esters is 1. The number of aromatic nitrogens is 1. The van der Waals surface area contributed by atoms with Crippen LogP contribution in [0.25, 0.3) is 11.3 Å². The van der Waals surface area contributed by atoms with Crippen LogP contribution in [0, 0.1) is 12.7 Å². The van der Waals surface area contributed by atoms with E-state index in [2.05, 4.69) is 5.16 Å². The molecule has 0 amide bonds. The van der Waals surface area contributed by atoms with Gasteiger partial charge in [-0.05, 0) is 62.4 Å². The van der Waals surface area contributed by atoms with Gasteiger partial charge in [0, 0.05) is 16.7 Å². The summed E-state index contributed by atoms with van der Waals surface area (Å²) in [5.74, 6) is -0.00708. The van der Waals surface area contributed by atoms with Crippen LogP contribution in [0.4, 0.5) is 4.39 Å². The molecule has 0 bridgehead atoms. The second-order valence-electron chi connectivity index (χ2n) is 6.12. The molecule has 0 N–H and O–H groups in total. The van der Waals surface area contributed by atoms with Crippen LogP contribution in [0.15, 0.2) is 53.1 Å². The van der Waals surface area contributed by atoms with Crippen LogP contribution in [0.1, 0.15) is 28.5 Å². The molecule has 144 valence electrons. The number of halogens is 1. The maximum Gasteiger partial charge on any atom is 0.344 e. The molecule has 0 fully saturated rings. The summed E-state index contributed by atoms with van der Waals surface area (Å²) in [6.45, 7) is 2.91. The Kier molecular flexibility index (Phi) is 5.84. The maximum atomic E-state index is 13.0. The molecule has 1 aromatic heterocycles. The second-order valence-corrected chi connectivity index (χ2v) is 6.12. The zero-order chi connectivity index (χ0) is 20.1. The molecule has 0 spiro atoms. The summed E-state index contributed by atoms with van der Waals surface area (Å²) in [7, 11) is 0. The molecule has 6 nitrogen and oxygen atoms in total. The molecule has 3 rings (SSSR count). The number of rotatable bonds is 7. The third kappa shape index (κ3) is 4.62. The average molecular weight is 383 g/mol. The van der Waals surface area contributed by atoms with Gasteiger partial charge in [0.15, 0.2) is 18.2 Å². The van der Waals surface area contributed by atoms with Crippen molar-refractivity contribution in [2.75, 3.05) is 6.61 Å². The largest absolute Gasteiger partial charge is 0.482 e. The smallest absolute Gasteiger partial charge is 0.344 e. The first kappa shape index (κ1) is 19.3. The third-order valence-electron chi connectivity index (χ3n) is 4.11. The molecular formula is C21H18FNO5. The summed E-state index contributed by atoms with van der Waals surface area (Å²) >= 11 is 0. The van der Waals surface area contributed by atoms with E-state index in [1.165, 1.54) is 19.1 Å². The van der Waals surface area contributed by atoms with Crippen LogP contribution >= 0.6 is 0 Å². The number of Topliss-reactive ketones (excluding diaryl/α,β-unsaturated/α-hetero) is 1. The molecule has 0 aliphatic rings. The van der Waals surface area contributed by atoms with Gasteiger partial charge in [-0.2, -0.15) is 0 Å². The quantitative estimate of drug-likeness (QED) is 0.451. The first-order valence-electron chi connectivity index (χ1n) is 8.54. The first-order valence-corrected chi connectivity index (χ1v) is 8.54. The Balaban J connectivity index is 1.53. The van der Waals surface area contributed by atoms with Crippen molar-refractivity contribution in [1.29, 1.82) is 0 Å². The summed E-state index contributed by atoms with van der Waals surface area (Å²) in [6.07, 6.45) is 0. The molecule has 0 saturated heterocycles. The zero-order valence-electron chi connectivity index (χ0n) is 15.4. The Bertz CT molecular complexity index is 977. The van der Waals surface area contributed by atoms with E-state index in [1.54, 1.807) is 43.3 Å². The topological polar surface area (TPSA) is 78.6 Å². The van der Waals surface area contributed by atoms with E-state index in [1.807, 2.05) is 0 Å². The van der Waals surface area contributed by atoms with Crippen LogP contribution in [-0.2, 0) is 16.1 Å². The van der Waals surface area contributed by atoms with Crippen molar-refractivity contribution < 1.29 is 28.0 Å². The monoisotopic (exact) mass is 383 g/mol. The lowest BCUT2D eigenvalue weighted by Gasteiger charge is -2.07. The van der Waals surface area contributed by atoms with E-state index in [-0.39, 0.29) is 24.8 Å². The summed E-state index contributed by atoms with van der Waals surface area (Å²) in [4.78, 5) is 23.1. The molecule has 3 aromatic rings. The second kappa shape index (κ2) is 8.47. The number of ketones is 1. The van der Waals surface area contributed by atoms with Gasteiger partial charge in [-0.1, -0.05) is 5.16 Å². The van der Waals surface area contributed by atoms with Gasteiger partial charge < -0.3 is 14.0 Å². The predicted molar refractivity (Wildman–Crippen MR) is 98.4 cm³/mol. The molecule has 1 heterocycles. The van der Waals surface area contributed by atoms with E-state index >= 15 is 0 Å². The van der Waals surface area contributed by atoms with E-state index in [0.29, 0.717) is 33.9 Å². The van der Waals surface area contributed by atoms with E-state index in [4.69, 9.17) is 14.0 Å². The SMILES string of the molecule is CC(=O)c1ccc(OCC(=O)OCc2noc(-c3ccc(F)cc3)c2C)cc1. The fraction of sp³-hybridized carbons (Fsp3) is 0.190. The lowest BCUT2D eigenvalue weighted by atomic mass is 10.1. The van der Waals surface area contributed by atoms with Gasteiger partial charge in [0.25, 0.3) is 0 Å². The predicted octanol–water partition coefficient (Wildman–Crippen LogP) is 4.11. The molecule has 0 aliphatic carbocycles. The van der Waals surface area contributed by atoms with Gasteiger partial charge in [0.1, 0.15) is 23.9 Å². The van der Waals surface area contributed by atoms with Crippen molar-refractivity contribution in [2.45, 2.75) is 20.5 Å². The standard InChI is InChI=1S/C21H18FNO5/c1-13-19(23-28-21(13)16-3-7-17(22)8-4-16)11-27-20(25)12-26-18-9-5-15(6-10-18)14(2)24/h3-10H,11-12H2,1-2H3. The number of carbonyl (C=O) groups excluding carboxylic acids is 2. The van der Waals surface area contributed by atoms with Gasteiger partial charge >= 0.3 is 5.97 Å². The van der Waals surface area contributed by atoms with Crippen molar-refractivity contribution in [1.82, 2.24) is 5.16 Å². The van der Waals surface area contributed by atoms with Crippen molar-refractivity contribution in [2.24, 2.45) is 0 Å². The number of carbonyl (C=O) groups is 2. The number of nitrogens with zero attached hydrogens (tertiary/aromatic N) is 1. The highest BCUT2D eigenvalue weighted by molar-refractivity contribution is 5.94. The van der Waals surface area contributed by atoms with Crippen molar-refractivity contribution in [3.05, 3.63) is 71.2 Å². The number of benzene rings is 2. The van der Waals surface area contributed by atoms with E-state index in [9.17, 15) is 14.0 Å². The first-order chi connectivity index (χ1) is 13.4. The minimum absolute atomic E-state index is 0.0473. The van der Waals surface area contributed by atoms with Crippen LogP contribution in [0.3, 0.4) is 0 Å². The summed E-state index contributed by atoms with van der Waals surface area (Å²) in [5, 5.41) is 3.91. The van der Waals surface area contributed by atoms with Crippen LogP contribution in [0.2, 0.25) is 0 Å². The Labute approximate surface area is 160 Å². The number of ether oxygens (including phenoxy) is 2. The maximum absolute atomic E-state index is 13.0. The minimum atomic E-state index is -0.568. The fourth-order valence-corrected chi connectivity index (χ4v) is 2.49. The Morgan fingerprint density at radius 1 is 1.07 bits per heavy atom. The molecule has 0 unspecified atom stereocenters. The van der Waals surface area contributed by atoms with Crippen molar-refractivity contribution >= 4 is 11.8 Å². The molecule has 0 atom stereocenters. The molecule has 0 aliphatic heterocycles. The number of hydrogen-bond acceptors (Lipinski definition) is 6. The molecule has 7 heteroatoms. The average Bonchev–Trinajstić information content (AvgIpc) is 3.06. The lowest BCUT2D eigenvalue weighted by molar-refractivity contribution is -0.147. The van der Waals surface area contributed by atoms with Gasteiger partial charge in [-0.15, -0.1) is 0 Å². The molecule has 0 radical (unpaired) electrons. The van der Waals surface area contributed by atoms with Gasteiger partial charge in [0.05, 0.1) is 0 Å². The molecular weight excluding hydrogens is 365 g/mol. The summed E-state index contributed by atoms with van der Waals surface area (Å²) in [6, 6.07) is 12.3. The van der Waals surface area contributed by atoms with Crippen LogP contribution in [0.5, 0.6) is 5.75 Å². The van der Waals surface area contributed by atoms with Gasteiger partial charge in [-0.25, -0.2) is 9.18 Å². The lowest BCUT2D eigenvalue weighted by Crippen LogP contribution is -2.15. The highest BCUT2D eigenvalue weighted by Gasteiger charge is 2.16. The molecule has 2 aromatic carbocycles. The van der Waals surface area contributed by atoms with Crippen LogP contribution in [-0.4, -0.2) is 23.5 Å². The highest BCUT2D eigenvalue weighted by atomic mass is 19.1. The van der Waals surface area contributed by atoms with E-state index < -0.39 is 5.97 Å². The Hall–Kier alpha value is -3.48.